The van der Waals surface area contributed by atoms with E-state index in [1.807, 2.05) is 0 Å². The lowest BCUT2D eigenvalue weighted by atomic mass is 10.2. The SMILES string of the molecule is COc1ccc(CN(Cc2ccc(OC)cc2)S(=O)(=O)c2c(S(=O)(=O)N[C@@H]3CCN(C(=O)OC(C)(C)C)C3)ccc(Br)c2C2=NCN=N2)cc1. The number of nitrogens with one attached hydrogen (secondary N) is 1. The van der Waals surface area contributed by atoms with Gasteiger partial charge in [0.15, 0.2) is 12.5 Å². The molecule has 3 aromatic rings. The number of carbonyl (C=O) groups is 1. The van der Waals surface area contributed by atoms with Gasteiger partial charge < -0.3 is 19.1 Å². The van der Waals surface area contributed by atoms with Crippen molar-refractivity contribution < 1.29 is 35.8 Å². The van der Waals surface area contributed by atoms with Gasteiger partial charge in [0.2, 0.25) is 20.0 Å². The number of methoxy groups -OCH3 is 2. The third kappa shape index (κ3) is 8.69. The molecular weight excluding hydrogens is 752 g/mol. The number of aliphatic imine (C=N–C) groups is 1. The zero-order chi connectivity index (χ0) is 36.3. The quantitative estimate of drug-likeness (QED) is 0.257. The van der Waals surface area contributed by atoms with E-state index in [9.17, 15) is 13.2 Å². The molecule has 1 amide bonds. The van der Waals surface area contributed by atoms with Crippen LogP contribution in [0.1, 0.15) is 43.9 Å². The van der Waals surface area contributed by atoms with E-state index in [1.165, 1.54) is 35.6 Å². The van der Waals surface area contributed by atoms with Crippen LogP contribution in [0.15, 0.2) is 90.1 Å². The van der Waals surface area contributed by atoms with E-state index >= 15 is 8.42 Å². The van der Waals surface area contributed by atoms with Crippen LogP contribution in [-0.4, -0.2) is 83.6 Å². The van der Waals surface area contributed by atoms with Crippen molar-refractivity contribution in [1.82, 2.24) is 13.9 Å². The number of ether oxygens (including phenoxy) is 3. The van der Waals surface area contributed by atoms with E-state index in [4.69, 9.17) is 14.2 Å². The van der Waals surface area contributed by atoms with Crippen molar-refractivity contribution in [3.05, 3.63) is 81.8 Å². The van der Waals surface area contributed by atoms with E-state index in [1.54, 1.807) is 69.3 Å². The zero-order valence-corrected chi connectivity index (χ0v) is 31.5. The Morgan fingerprint density at radius 2 is 1.52 bits per heavy atom. The number of hydrogen-bond donors (Lipinski definition) is 1. The summed E-state index contributed by atoms with van der Waals surface area (Å²) in [7, 11) is -6.12. The highest BCUT2D eigenvalue weighted by Crippen LogP contribution is 2.36. The summed E-state index contributed by atoms with van der Waals surface area (Å²) in [5, 5.41) is 7.95. The van der Waals surface area contributed by atoms with Crippen LogP contribution < -0.4 is 14.2 Å². The molecule has 0 unspecified atom stereocenters. The van der Waals surface area contributed by atoms with Crippen LogP contribution in [0.2, 0.25) is 0 Å². The van der Waals surface area contributed by atoms with Gasteiger partial charge in [0, 0.05) is 36.7 Å². The molecule has 1 fully saturated rings. The van der Waals surface area contributed by atoms with Crippen LogP contribution in [0.3, 0.4) is 0 Å². The minimum Gasteiger partial charge on any atom is -0.497 e. The van der Waals surface area contributed by atoms with Gasteiger partial charge in [0.1, 0.15) is 26.9 Å². The maximum absolute atomic E-state index is 15.1. The van der Waals surface area contributed by atoms with Crippen molar-refractivity contribution in [2.24, 2.45) is 15.2 Å². The van der Waals surface area contributed by atoms with E-state index in [2.05, 4.69) is 35.9 Å². The molecular formula is C33H39BrN6O8S2. The number of benzene rings is 3. The first-order chi connectivity index (χ1) is 23.6. The van der Waals surface area contributed by atoms with E-state index < -0.39 is 47.6 Å². The number of halogens is 1. The van der Waals surface area contributed by atoms with Gasteiger partial charge in [-0.05, 0) is 90.6 Å². The second-order valence-electron chi connectivity index (χ2n) is 12.6. The van der Waals surface area contributed by atoms with Gasteiger partial charge in [0.05, 0.1) is 19.8 Å². The average molecular weight is 792 g/mol. The zero-order valence-electron chi connectivity index (χ0n) is 28.3. The first kappa shape index (κ1) is 37.4. The maximum atomic E-state index is 15.1. The third-order valence-electron chi connectivity index (χ3n) is 7.83. The fraction of sp³-hybridized carbons (Fsp3) is 0.394. The van der Waals surface area contributed by atoms with Gasteiger partial charge in [-0.1, -0.05) is 24.3 Å². The predicted molar refractivity (Wildman–Crippen MR) is 189 cm³/mol. The summed E-state index contributed by atoms with van der Waals surface area (Å²) in [6.07, 6.45) is -0.267. The topological polar surface area (TPSA) is 169 Å². The Morgan fingerprint density at radius 1 is 0.940 bits per heavy atom. The Bertz CT molecular complexity index is 1950. The Labute approximate surface area is 300 Å². The number of sulfonamides is 2. The molecule has 268 valence electrons. The molecule has 0 radical (unpaired) electrons. The number of rotatable bonds is 12. The number of nitrogens with zero attached hydrogens (tertiary/aromatic N) is 5. The van der Waals surface area contributed by atoms with Crippen LogP contribution in [-0.2, 0) is 37.9 Å². The number of hydrogen-bond acceptors (Lipinski definition) is 11. The van der Waals surface area contributed by atoms with Crippen LogP contribution >= 0.6 is 15.9 Å². The summed E-state index contributed by atoms with van der Waals surface area (Å²) in [6, 6.07) is 15.8. The first-order valence-electron chi connectivity index (χ1n) is 15.6. The van der Waals surface area contributed by atoms with Crippen molar-refractivity contribution in [1.29, 1.82) is 0 Å². The van der Waals surface area contributed by atoms with Gasteiger partial charge in [-0.25, -0.2) is 31.3 Å². The highest BCUT2D eigenvalue weighted by Gasteiger charge is 2.39. The number of amidine groups is 1. The molecule has 50 heavy (non-hydrogen) atoms. The molecule has 0 spiro atoms. The molecule has 0 aliphatic carbocycles. The molecule has 5 rings (SSSR count). The monoisotopic (exact) mass is 790 g/mol. The summed E-state index contributed by atoms with van der Waals surface area (Å²) in [5.74, 6) is 1.15. The predicted octanol–water partition coefficient (Wildman–Crippen LogP) is 5.32. The second kappa shape index (κ2) is 15.1. The van der Waals surface area contributed by atoms with Crippen LogP contribution in [0.4, 0.5) is 4.79 Å². The van der Waals surface area contributed by atoms with Crippen molar-refractivity contribution in [2.75, 3.05) is 34.0 Å². The molecule has 1 saturated heterocycles. The smallest absolute Gasteiger partial charge is 0.410 e. The fourth-order valence-electron chi connectivity index (χ4n) is 5.43. The molecule has 1 N–H and O–H groups in total. The van der Waals surface area contributed by atoms with Crippen molar-refractivity contribution in [2.45, 2.75) is 61.7 Å². The molecule has 17 heteroatoms. The van der Waals surface area contributed by atoms with Gasteiger partial charge in [0.25, 0.3) is 0 Å². The van der Waals surface area contributed by atoms with E-state index in [-0.39, 0.29) is 48.7 Å². The van der Waals surface area contributed by atoms with Crippen molar-refractivity contribution in [3.63, 3.8) is 0 Å². The fourth-order valence-corrected chi connectivity index (χ4v) is 9.74. The largest absolute Gasteiger partial charge is 0.497 e. The lowest BCUT2D eigenvalue weighted by molar-refractivity contribution is 0.0292. The number of likely N-dealkylation sites (tertiary alicyclic amines) is 1. The van der Waals surface area contributed by atoms with Gasteiger partial charge >= 0.3 is 6.09 Å². The molecule has 0 saturated carbocycles. The van der Waals surface area contributed by atoms with Crippen molar-refractivity contribution in [3.8, 4) is 11.5 Å². The number of amides is 1. The van der Waals surface area contributed by atoms with Gasteiger partial charge in [-0.3, -0.25) is 0 Å². The Morgan fingerprint density at radius 3 is 2.02 bits per heavy atom. The minimum absolute atomic E-state index is 0.0293. The molecule has 14 nitrogen and oxygen atoms in total. The first-order valence-corrected chi connectivity index (χ1v) is 19.3. The van der Waals surface area contributed by atoms with Crippen LogP contribution in [0.5, 0.6) is 11.5 Å². The third-order valence-corrected chi connectivity index (χ3v) is 12.1. The molecule has 0 bridgehead atoms. The Hall–Kier alpha value is -3.90. The van der Waals surface area contributed by atoms with Crippen LogP contribution in [0.25, 0.3) is 0 Å². The van der Waals surface area contributed by atoms with Gasteiger partial charge in [-0.15, -0.1) is 5.11 Å². The van der Waals surface area contributed by atoms with E-state index in [0.29, 0.717) is 29.0 Å². The van der Waals surface area contributed by atoms with Crippen molar-refractivity contribution >= 4 is 47.9 Å². The highest BCUT2D eigenvalue weighted by atomic mass is 79.9. The lowest BCUT2D eigenvalue weighted by Crippen LogP contribution is -2.41. The van der Waals surface area contributed by atoms with Gasteiger partial charge in [-0.2, -0.15) is 9.42 Å². The Balaban J connectivity index is 1.59. The molecule has 3 aromatic carbocycles. The normalized spacial score (nSPS) is 16.5. The summed E-state index contributed by atoms with van der Waals surface area (Å²) in [6.45, 7) is 5.27. The average Bonchev–Trinajstić information content (AvgIpc) is 3.77. The van der Waals surface area contributed by atoms with E-state index in [0.717, 1.165) is 0 Å². The maximum Gasteiger partial charge on any atom is 0.410 e. The molecule has 1 atom stereocenters. The highest BCUT2D eigenvalue weighted by molar-refractivity contribution is 9.10. The molecule has 2 aliphatic heterocycles. The lowest BCUT2D eigenvalue weighted by Gasteiger charge is -2.26. The van der Waals surface area contributed by atoms with Crippen LogP contribution in [0, 0.1) is 0 Å². The molecule has 2 heterocycles. The standard InChI is InChI=1S/C33H39BrN6O8S2/c1-33(2,3)48-32(41)39-17-16-24(20-39)38-49(42,43)28-15-14-27(34)29(31-35-21-36-37-31)30(28)50(44,45)40(18-22-6-10-25(46-4)11-7-22)19-23-8-12-26(47-5)13-9-23/h6-15,24,38H,16-21H2,1-5H3/t24-/m1/s1. The molecule has 2 aliphatic rings. The number of azo groups is 1. The number of carbonyl (C=O) groups excluding carboxylic acids is 1. The molecule has 0 aromatic heterocycles. The second-order valence-corrected chi connectivity index (χ2v) is 17.0. The Kier molecular flexibility index (Phi) is 11.3. The summed E-state index contributed by atoms with van der Waals surface area (Å²) < 4.78 is 78.8. The summed E-state index contributed by atoms with van der Waals surface area (Å²) in [4.78, 5) is 17.4. The minimum atomic E-state index is -4.66. The summed E-state index contributed by atoms with van der Waals surface area (Å²) >= 11 is 3.43. The summed E-state index contributed by atoms with van der Waals surface area (Å²) in [5.41, 5.74) is 0.502.